The van der Waals surface area contributed by atoms with Gasteiger partial charge in [0.15, 0.2) is 11.5 Å². The molecule has 9 heteroatoms. The minimum Gasteiger partial charge on any atom is -0.490 e. The first-order valence-electron chi connectivity index (χ1n) is 12.4. The number of esters is 1. The largest absolute Gasteiger partial charge is 0.490 e. The number of imide groups is 2. The van der Waals surface area contributed by atoms with Gasteiger partial charge in [-0.2, -0.15) is 0 Å². The molecule has 0 saturated carbocycles. The Hall–Kier alpha value is -4.92. The molecule has 1 aliphatic heterocycles. The van der Waals surface area contributed by atoms with E-state index in [0.29, 0.717) is 30.3 Å². The number of hydrogen-bond acceptors (Lipinski definition) is 7. The molecule has 9 nitrogen and oxygen atoms in total. The predicted molar refractivity (Wildman–Crippen MR) is 145 cm³/mol. The van der Waals surface area contributed by atoms with Crippen molar-refractivity contribution in [3.63, 3.8) is 0 Å². The molecule has 0 spiro atoms. The zero-order valence-corrected chi connectivity index (χ0v) is 21.9. The fourth-order valence-corrected chi connectivity index (χ4v) is 3.87. The number of amides is 4. The number of carbonyl (C=O) groups is 4. The summed E-state index contributed by atoms with van der Waals surface area (Å²) in [7, 11) is 0. The van der Waals surface area contributed by atoms with Gasteiger partial charge in [0.05, 0.1) is 24.5 Å². The van der Waals surface area contributed by atoms with Gasteiger partial charge in [-0.1, -0.05) is 35.9 Å². The number of nitrogens with zero attached hydrogens (tertiary/aromatic N) is 1. The van der Waals surface area contributed by atoms with E-state index in [1.165, 1.54) is 30.3 Å². The van der Waals surface area contributed by atoms with Crippen LogP contribution in [-0.4, -0.2) is 37.0 Å². The molecule has 1 N–H and O–H groups in total. The molecule has 200 valence electrons. The number of anilines is 1. The Balaban J connectivity index is 1.58. The molecule has 1 aliphatic rings. The first-order valence-corrected chi connectivity index (χ1v) is 12.4. The summed E-state index contributed by atoms with van der Waals surface area (Å²) >= 11 is 0. The highest BCUT2D eigenvalue weighted by atomic mass is 16.5. The number of hydrogen-bond donors (Lipinski definition) is 1. The molecule has 1 saturated heterocycles. The summed E-state index contributed by atoms with van der Waals surface area (Å²) in [5.41, 5.74) is 2.89. The number of ether oxygens (including phenoxy) is 3. The van der Waals surface area contributed by atoms with Crippen LogP contribution in [0.4, 0.5) is 10.5 Å². The van der Waals surface area contributed by atoms with Crippen molar-refractivity contribution in [2.24, 2.45) is 0 Å². The summed E-state index contributed by atoms with van der Waals surface area (Å²) in [6.45, 7) is 6.48. The molecule has 0 radical (unpaired) electrons. The van der Waals surface area contributed by atoms with Gasteiger partial charge in [-0.05, 0) is 74.4 Å². The van der Waals surface area contributed by atoms with Gasteiger partial charge in [0, 0.05) is 0 Å². The zero-order valence-electron chi connectivity index (χ0n) is 21.9. The van der Waals surface area contributed by atoms with Crippen molar-refractivity contribution < 1.29 is 33.4 Å². The average molecular weight is 529 g/mol. The molecule has 0 aliphatic carbocycles. The number of carbonyl (C=O) groups excluding carboxylic acids is 4. The number of benzene rings is 3. The fourth-order valence-electron chi connectivity index (χ4n) is 3.87. The minimum absolute atomic E-state index is 0.193. The summed E-state index contributed by atoms with van der Waals surface area (Å²) in [6, 6.07) is 17.9. The van der Waals surface area contributed by atoms with Gasteiger partial charge in [-0.3, -0.25) is 14.9 Å². The lowest BCUT2D eigenvalue weighted by Crippen LogP contribution is -2.54. The number of rotatable bonds is 9. The summed E-state index contributed by atoms with van der Waals surface area (Å²) in [4.78, 5) is 51.2. The molecule has 0 atom stereocenters. The van der Waals surface area contributed by atoms with E-state index < -0.39 is 23.8 Å². The lowest BCUT2D eigenvalue weighted by atomic mass is 10.1. The molecule has 0 aromatic heterocycles. The molecule has 4 amide bonds. The quantitative estimate of drug-likeness (QED) is 0.241. The summed E-state index contributed by atoms with van der Waals surface area (Å²) in [5, 5.41) is 2.19. The van der Waals surface area contributed by atoms with E-state index in [9.17, 15) is 19.2 Å². The van der Waals surface area contributed by atoms with Crippen molar-refractivity contribution in [3.05, 3.63) is 94.6 Å². The second kappa shape index (κ2) is 12.1. The van der Waals surface area contributed by atoms with Crippen molar-refractivity contribution >= 4 is 35.6 Å². The van der Waals surface area contributed by atoms with Crippen molar-refractivity contribution in [2.45, 2.75) is 27.4 Å². The normalized spacial score (nSPS) is 14.3. The van der Waals surface area contributed by atoms with Crippen LogP contribution >= 0.6 is 0 Å². The van der Waals surface area contributed by atoms with E-state index in [1.54, 1.807) is 25.1 Å². The summed E-state index contributed by atoms with van der Waals surface area (Å²) in [5.74, 6) is -1.18. The average Bonchev–Trinajstić information content (AvgIpc) is 2.92. The molecule has 1 fully saturated rings. The number of barbiturate groups is 1. The van der Waals surface area contributed by atoms with E-state index in [4.69, 9.17) is 14.2 Å². The standard InChI is InChI=1S/C30H28N2O7/c1-4-37-26-17-21(10-15-25(26)39-18-20-8-6-19(3)7-9-20)16-24-27(33)31-30(36)32(28(24)34)23-13-11-22(12-14-23)29(35)38-5-2/h6-17H,4-5,18H2,1-3H3,(H,31,33,36)/b24-16+. The van der Waals surface area contributed by atoms with Crippen molar-refractivity contribution in [1.29, 1.82) is 0 Å². The highest BCUT2D eigenvalue weighted by Crippen LogP contribution is 2.31. The molecular weight excluding hydrogens is 500 g/mol. The predicted octanol–water partition coefficient (Wildman–Crippen LogP) is 4.82. The van der Waals surface area contributed by atoms with Crippen LogP contribution in [0.3, 0.4) is 0 Å². The Bertz CT molecular complexity index is 1430. The molecule has 0 bridgehead atoms. The molecule has 39 heavy (non-hydrogen) atoms. The SMILES string of the molecule is CCOC(=O)c1ccc(N2C(=O)NC(=O)/C(=C\c3ccc(OCc4ccc(C)cc4)c(OCC)c3)C2=O)cc1. The van der Waals surface area contributed by atoms with E-state index >= 15 is 0 Å². The summed E-state index contributed by atoms with van der Waals surface area (Å²) in [6.07, 6.45) is 1.39. The van der Waals surface area contributed by atoms with Crippen LogP contribution in [0.15, 0.2) is 72.3 Å². The molecular formula is C30H28N2O7. The maximum atomic E-state index is 13.3. The Morgan fingerprint density at radius 3 is 2.26 bits per heavy atom. The maximum absolute atomic E-state index is 13.3. The van der Waals surface area contributed by atoms with Crippen LogP contribution in [-0.2, 0) is 20.9 Å². The van der Waals surface area contributed by atoms with Crippen LogP contribution in [0.25, 0.3) is 6.08 Å². The van der Waals surface area contributed by atoms with Gasteiger partial charge in [0.2, 0.25) is 0 Å². The smallest absolute Gasteiger partial charge is 0.338 e. The van der Waals surface area contributed by atoms with Gasteiger partial charge < -0.3 is 14.2 Å². The topological polar surface area (TPSA) is 111 Å². The Morgan fingerprint density at radius 2 is 1.59 bits per heavy atom. The van der Waals surface area contributed by atoms with Gasteiger partial charge in [-0.25, -0.2) is 14.5 Å². The number of aryl methyl sites for hydroxylation is 1. The van der Waals surface area contributed by atoms with Crippen LogP contribution in [0, 0.1) is 6.92 Å². The van der Waals surface area contributed by atoms with E-state index in [0.717, 1.165) is 16.0 Å². The minimum atomic E-state index is -0.888. The highest BCUT2D eigenvalue weighted by Gasteiger charge is 2.37. The second-order valence-electron chi connectivity index (χ2n) is 8.64. The molecule has 1 heterocycles. The zero-order chi connectivity index (χ0) is 27.9. The van der Waals surface area contributed by atoms with Gasteiger partial charge in [0.1, 0.15) is 12.2 Å². The Morgan fingerprint density at radius 1 is 0.872 bits per heavy atom. The third-order valence-corrected chi connectivity index (χ3v) is 5.83. The van der Waals surface area contributed by atoms with Gasteiger partial charge in [-0.15, -0.1) is 0 Å². The Kier molecular flexibility index (Phi) is 8.40. The first kappa shape index (κ1) is 27.1. The third-order valence-electron chi connectivity index (χ3n) is 5.83. The molecule has 3 aromatic carbocycles. The third kappa shape index (κ3) is 6.32. The van der Waals surface area contributed by atoms with E-state index in [-0.39, 0.29) is 23.4 Å². The van der Waals surface area contributed by atoms with E-state index in [1.807, 2.05) is 38.1 Å². The highest BCUT2D eigenvalue weighted by molar-refractivity contribution is 6.39. The van der Waals surface area contributed by atoms with Crippen molar-refractivity contribution in [3.8, 4) is 11.5 Å². The lowest BCUT2D eigenvalue weighted by Gasteiger charge is -2.26. The monoisotopic (exact) mass is 528 g/mol. The van der Waals surface area contributed by atoms with Crippen LogP contribution in [0.1, 0.15) is 40.9 Å². The number of urea groups is 1. The van der Waals surface area contributed by atoms with E-state index in [2.05, 4.69) is 5.32 Å². The van der Waals surface area contributed by atoms with Crippen LogP contribution in [0.5, 0.6) is 11.5 Å². The first-order chi connectivity index (χ1) is 18.8. The lowest BCUT2D eigenvalue weighted by molar-refractivity contribution is -0.122. The fraction of sp³-hybridized carbons (Fsp3) is 0.200. The van der Waals surface area contributed by atoms with Crippen LogP contribution < -0.4 is 19.7 Å². The molecule has 4 rings (SSSR count). The maximum Gasteiger partial charge on any atom is 0.338 e. The van der Waals surface area contributed by atoms with Crippen molar-refractivity contribution in [1.82, 2.24) is 5.32 Å². The summed E-state index contributed by atoms with van der Waals surface area (Å²) < 4.78 is 16.7. The Labute approximate surface area is 226 Å². The molecule has 0 unspecified atom stereocenters. The van der Waals surface area contributed by atoms with Crippen molar-refractivity contribution in [2.75, 3.05) is 18.1 Å². The van der Waals surface area contributed by atoms with Gasteiger partial charge in [0.25, 0.3) is 11.8 Å². The molecule has 3 aromatic rings. The van der Waals surface area contributed by atoms with Crippen LogP contribution in [0.2, 0.25) is 0 Å². The second-order valence-corrected chi connectivity index (χ2v) is 8.64. The number of nitrogens with one attached hydrogen (secondary N) is 1. The van der Waals surface area contributed by atoms with Gasteiger partial charge >= 0.3 is 12.0 Å².